The van der Waals surface area contributed by atoms with Crippen LogP contribution in [0.25, 0.3) is 0 Å². The lowest BCUT2D eigenvalue weighted by molar-refractivity contribution is 0.371. The number of benzene rings is 1. The number of nitrogens with two attached hydrogens (primary N) is 1. The second kappa shape index (κ2) is 2.93. The van der Waals surface area contributed by atoms with Gasteiger partial charge in [0, 0.05) is 3.57 Å². The summed E-state index contributed by atoms with van der Waals surface area (Å²) in [5.41, 5.74) is 6.33. The van der Waals surface area contributed by atoms with Crippen molar-refractivity contribution in [2.75, 3.05) is 6.61 Å². The highest BCUT2D eigenvalue weighted by atomic mass is 127. The minimum Gasteiger partial charge on any atom is -0.483 e. The van der Waals surface area contributed by atoms with E-state index in [1.54, 1.807) is 0 Å². The van der Waals surface area contributed by atoms with Gasteiger partial charge in [-0.25, -0.2) is 4.99 Å². The second-order valence-corrected chi connectivity index (χ2v) is 3.75. The Hall–Kier alpha value is -0.780. The summed E-state index contributed by atoms with van der Waals surface area (Å²) in [5, 5.41) is 0. The van der Waals surface area contributed by atoms with Crippen molar-refractivity contribution in [2.45, 2.75) is 0 Å². The number of hydrogen-bond acceptors (Lipinski definition) is 3. The molecule has 0 atom stereocenters. The number of ether oxygens (including phenoxy) is 1. The van der Waals surface area contributed by atoms with Gasteiger partial charge < -0.3 is 10.5 Å². The van der Waals surface area contributed by atoms with Crippen LogP contribution in [-0.4, -0.2) is 12.4 Å². The lowest BCUT2D eigenvalue weighted by atomic mass is 10.3. The van der Waals surface area contributed by atoms with E-state index in [1.807, 2.05) is 18.2 Å². The Labute approximate surface area is 83.8 Å². The molecule has 0 aromatic heterocycles. The Balaban J connectivity index is 2.51. The van der Waals surface area contributed by atoms with Crippen LogP contribution < -0.4 is 10.5 Å². The van der Waals surface area contributed by atoms with Gasteiger partial charge in [0.05, 0.1) is 0 Å². The first-order valence-corrected chi connectivity index (χ1v) is 4.59. The maximum Gasteiger partial charge on any atom is 0.146 e. The minimum absolute atomic E-state index is 0.396. The monoisotopic (exact) mass is 274 g/mol. The second-order valence-electron chi connectivity index (χ2n) is 2.50. The summed E-state index contributed by atoms with van der Waals surface area (Å²) < 4.78 is 6.50. The van der Waals surface area contributed by atoms with Gasteiger partial charge in [-0.2, -0.15) is 0 Å². The van der Waals surface area contributed by atoms with Crippen molar-refractivity contribution < 1.29 is 4.74 Å². The third-order valence-electron chi connectivity index (χ3n) is 1.56. The predicted molar refractivity (Wildman–Crippen MR) is 55.9 cm³/mol. The van der Waals surface area contributed by atoms with Crippen LogP contribution in [0.5, 0.6) is 5.75 Å². The smallest absolute Gasteiger partial charge is 0.146 e. The highest BCUT2D eigenvalue weighted by Gasteiger charge is 2.09. The van der Waals surface area contributed by atoms with Crippen molar-refractivity contribution >= 4 is 34.1 Å². The molecule has 0 bridgehead atoms. The lowest BCUT2D eigenvalue weighted by Crippen LogP contribution is -2.23. The van der Waals surface area contributed by atoms with E-state index in [4.69, 9.17) is 10.5 Å². The summed E-state index contributed by atoms with van der Waals surface area (Å²) in [6.07, 6.45) is 0. The Morgan fingerprint density at radius 3 is 3.17 bits per heavy atom. The lowest BCUT2D eigenvalue weighted by Gasteiger charge is -2.14. The molecule has 1 aliphatic heterocycles. The molecule has 2 rings (SSSR count). The molecule has 0 fully saturated rings. The number of halogens is 1. The Bertz CT molecular complexity index is 349. The van der Waals surface area contributed by atoms with Crippen molar-refractivity contribution in [2.24, 2.45) is 10.7 Å². The van der Waals surface area contributed by atoms with Crippen LogP contribution in [0.4, 0.5) is 5.69 Å². The fourth-order valence-corrected chi connectivity index (χ4v) is 1.50. The van der Waals surface area contributed by atoms with Gasteiger partial charge in [0.1, 0.15) is 23.9 Å². The van der Waals surface area contributed by atoms with Crippen molar-refractivity contribution in [3.05, 3.63) is 21.8 Å². The van der Waals surface area contributed by atoms with Gasteiger partial charge in [0.15, 0.2) is 0 Å². The Kier molecular flexibility index (Phi) is 1.92. The van der Waals surface area contributed by atoms with Gasteiger partial charge in [-0.15, -0.1) is 0 Å². The summed E-state index contributed by atoms with van der Waals surface area (Å²) in [4.78, 5) is 4.15. The molecule has 0 spiro atoms. The largest absolute Gasteiger partial charge is 0.483 e. The van der Waals surface area contributed by atoms with Gasteiger partial charge in [-0.05, 0) is 40.8 Å². The maximum absolute atomic E-state index is 5.51. The summed E-state index contributed by atoms with van der Waals surface area (Å²) in [6, 6.07) is 5.83. The predicted octanol–water partition coefficient (Wildman–Crippen LogP) is 1.67. The molecule has 4 heteroatoms. The maximum atomic E-state index is 5.51. The quantitative estimate of drug-likeness (QED) is 0.731. The molecular weight excluding hydrogens is 267 g/mol. The number of nitrogens with zero attached hydrogens (tertiary/aromatic N) is 1. The first-order valence-electron chi connectivity index (χ1n) is 3.51. The van der Waals surface area contributed by atoms with Crippen LogP contribution in [0.2, 0.25) is 0 Å². The number of amidine groups is 1. The van der Waals surface area contributed by atoms with Crippen LogP contribution in [0, 0.1) is 3.57 Å². The van der Waals surface area contributed by atoms with E-state index < -0.39 is 0 Å². The molecule has 1 aromatic rings. The zero-order chi connectivity index (χ0) is 8.55. The fraction of sp³-hybridized carbons (Fsp3) is 0.125. The molecule has 0 aliphatic carbocycles. The Morgan fingerprint density at radius 1 is 1.50 bits per heavy atom. The van der Waals surface area contributed by atoms with Crippen molar-refractivity contribution in [1.29, 1.82) is 0 Å². The molecule has 2 N–H and O–H groups in total. The third kappa shape index (κ3) is 1.38. The molecule has 62 valence electrons. The summed E-state index contributed by atoms with van der Waals surface area (Å²) in [6.45, 7) is 0.396. The van der Waals surface area contributed by atoms with E-state index in [0.717, 1.165) is 15.0 Å². The van der Waals surface area contributed by atoms with E-state index in [-0.39, 0.29) is 0 Å². The average Bonchev–Trinajstić information content (AvgIpc) is 2.05. The van der Waals surface area contributed by atoms with Crippen LogP contribution in [0.3, 0.4) is 0 Å². The summed E-state index contributed by atoms with van der Waals surface area (Å²) >= 11 is 2.23. The van der Waals surface area contributed by atoms with E-state index in [9.17, 15) is 0 Å². The number of hydrogen-bond donors (Lipinski definition) is 1. The fourth-order valence-electron chi connectivity index (χ4n) is 1.03. The molecule has 1 aromatic carbocycles. The van der Waals surface area contributed by atoms with Crippen LogP contribution >= 0.6 is 22.6 Å². The first-order chi connectivity index (χ1) is 5.75. The van der Waals surface area contributed by atoms with Crippen LogP contribution in [0.1, 0.15) is 0 Å². The molecule has 1 aliphatic rings. The topological polar surface area (TPSA) is 47.6 Å². The molecule has 0 amide bonds. The third-order valence-corrected chi connectivity index (χ3v) is 2.23. The zero-order valence-electron chi connectivity index (χ0n) is 6.25. The molecule has 0 unspecified atom stereocenters. The van der Waals surface area contributed by atoms with E-state index in [0.29, 0.717) is 12.4 Å². The van der Waals surface area contributed by atoms with Gasteiger partial charge >= 0.3 is 0 Å². The number of aliphatic imine (C=N–C) groups is 1. The van der Waals surface area contributed by atoms with Crippen molar-refractivity contribution in [3.63, 3.8) is 0 Å². The number of rotatable bonds is 0. The van der Waals surface area contributed by atoms with Gasteiger partial charge in [-0.1, -0.05) is 0 Å². The molecule has 1 heterocycles. The summed E-state index contributed by atoms with van der Waals surface area (Å²) in [7, 11) is 0. The SMILES string of the molecule is NC1=Nc2ccc(I)cc2OC1. The van der Waals surface area contributed by atoms with E-state index in [2.05, 4.69) is 27.6 Å². The first kappa shape index (κ1) is 7.85. The summed E-state index contributed by atoms with van der Waals surface area (Å²) in [5.74, 6) is 1.35. The van der Waals surface area contributed by atoms with E-state index >= 15 is 0 Å². The molecular formula is C8H7IN2O. The highest BCUT2D eigenvalue weighted by molar-refractivity contribution is 14.1. The molecule has 0 saturated heterocycles. The zero-order valence-corrected chi connectivity index (χ0v) is 8.41. The van der Waals surface area contributed by atoms with Gasteiger partial charge in [0.25, 0.3) is 0 Å². The Morgan fingerprint density at radius 2 is 2.33 bits per heavy atom. The van der Waals surface area contributed by atoms with Gasteiger partial charge in [-0.3, -0.25) is 0 Å². The highest BCUT2D eigenvalue weighted by Crippen LogP contribution is 2.31. The molecule has 3 nitrogen and oxygen atoms in total. The van der Waals surface area contributed by atoms with Crippen LogP contribution in [0.15, 0.2) is 23.2 Å². The normalized spacial score (nSPS) is 14.6. The van der Waals surface area contributed by atoms with E-state index in [1.165, 1.54) is 0 Å². The molecule has 0 radical (unpaired) electrons. The minimum atomic E-state index is 0.396. The van der Waals surface area contributed by atoms with Gasteiger partial charge in [0.2, 0.25) is 0 Å². The molecule has 12 heavy (non-hydrogen) atoms. The average molecular weight is 274 g/mol. The number of fused-ring (bicyclic) bond motifs is 1. The molecule has 0 saturated carbocycles. The van der Waals surface area contributed by atoms with Crippen molar-refractivity contribution in [3.8, 4) is 5.75 Å². The van der Waals surface area contributed by atoms with Crippen LogP contribution in [-0.2, 0) is 0 Å². The van der Waals surface area contributed by atoms with Crippen molar-refractivity contribution in [1.82, 2.24) is 0 Å². The standard InChI is InChI=1S/C8H7IN2O/c9-5-1-2-6-7(3-5)12-4-8(10)11-6/h1-3H,4H2,(H2,10,11).